The van der Waals surface area contributed by atoms with Crippen LogP contribution >= 0.6 is 0 Å². The summed E-state index contributed by atoms with van der Waals surface area (Å²) >= 11 is 0. The van der Waals surface area contributed by atoms with E-state index in [-0.39, 0.29) is 18.4 Å². The van der Waals surface area contributed by atoms with Crippen LogP contribution in [0.4, 0.5) is 0 Å². The average Bonchev–Trinajstić information content (AvgIpc) is 2.86. The van der Waals surface area contributed by atoms with E-state index >= 15 is 0 Å². The molecule has 0 aliphatic carbocycles. The summed E-state index contributed by atoms with van der Waals surface area (Å²) in [6.45, 7) is 6.68. The molecule has 0 saturated carbocycles. The molecule has 0 radical (unpaired) electrons. The van der Waals surface area contributed by atoms with Crippen LogP contribution in [0.2, 0.25) is 0 Å². The molecule has 1 unspecified atom stereocenters. The first-order valence-electron chi connectivity index (χ1n) is 11.9. The maximum Gasteiger partial charge on any atom is 0.261 e. The van der Waals surface area contributed by atoms with E-state index in [2.05, 4.69) is 12.2 Å². The van der Waals surface area contributed by atoms with E-state index in [0.29, 0.717) is 25.3 Å². The fourth-order valence-electron chi connectivity index (χ4n) is 3.87. The van der Waals surface area contributed by atoms with E-state index in [1.807, 2.05) is 92.7 Å². The number of likely N-dealkylation sites (N-methyl/N-ethyl adjacent to an activating group) is 1. The molecule has 0 aromatic heterocycles. The van der Waals surface area contributed by atoms with E-state index in [1.54, 1.807) is 4.90 Å². The lowest BCUT2D eigenvalue weighted by molar-refractivity contribution is -0.142. The van der Waals surface area contributed by atoms with Gasteiger partial charge in [-0.25, -0.2) is 0 Å². The summed E-state index contributed by atoms with van der Waals surface area (Å²) < 4.78 is 5.83. The molecule has 0 aliphatic rings. The number of amides is 2. The molecule has 1 N–H and O–H groups in total. The van der Waals surface area contributed by atoms with E-state index in [0.717, 1.165) is 23.1 Å². The molecule has 0 fully saturated rings. The Balaban J connectivity index is 1.87. The van der Waals surface area contributed by atoms with Gasteiger partial charge in [-0.05, 0) is 54.7 Å². The number of hydrogen-bond donors (Lipinski definition) is 1. The van der Waals surface area contributed by atoms with Gasteiger partial charge in [-0.2, -0.15) is 0 Å². The van der Waals surface area contributed by atoms with Crippen molar-refractivity contribution in [1.82, 2.24) is 10.2 Å². The molecule has 0 bridgehead atoms. The molecular weight excluding hydrogens is 424 g/mol. The fraction of sp³-hybridized carbons (Fsp3) is 0.310. The minimum Gasteiger partial charge on any atom is -0.484 e. The quantitative estimate of drug-likeness (QED) is 0.453. The minimum atomic E-state index is -0.652. The van der Waals surface area contributed by atoms with E-state index in [1.165, 1.54) is 5.56 Å². The van der Waals surface area contributed by atoms with Gasteiger partial charge in [0.2, 0.25) is 5.91 Å². The smallest absolute Gasteiger partial charge is 0.261 e. The van der Waals surface area contributed by atoms with Gasteiger partial charge < -0.3 is 15.0 Å². The van der Waals surface area contributed by atoms with Crippen LogP contribution < -0.4 is 10.1 Å². The van der Waals surface area contributed by atoms with Crippen molar-refractivity contribution in [1.29, 1.82) is 0 Å². The molecule has 3 aromatic carbocycles. The second-order valence-electron chi connectivity index (χ2n) is 8.33. The molecule has 0 saturated heterocycles. The standard InChI is InChI=1S/C29H34N2O3/c1-4-23-15-17-26(18-16-23)34-21-28(32)31(20-25-14-10-9-11-22(25)3)27(29(33)30-5-2)19-24-12-7-6-8-13-24/h6-18,27H,4-5,19-21H2,1-3H3,(H,30,33). The van der Waals surface area contributed by atoms with E-state index in [9.17, 15) is 9.59 Å². The summed E-state index contributed by atoms with van der Waals surface area (Å²) in [5.74, 6) is 0.245. The van der Waals surface area contributed by atoms with Crippen molar-refractivity contribution in [3.8, 4) is 5.75 Å². The molecule has 0 aliphatic heterocycles. The molecule has 178 valence electrons. The highest BCUT2D eigenvalue weighted by Gasteiger charge is 2.30. The van der Waals surface area contributed by atoms with Crippen molar-refractivity contribution in [3.05, 3.63) is 101 Å². The van der Waals surface area contributed by atoms with Gasteiger partial charge in [-0.3, -0.25) is 9.59 Å². The van der Waals surface area contributed by atoms with E-state index < -0.39 is 6.04 Å². The Morgan fingerprint density at radius 2 is 1.56 bits per heavy atom. The maximum atomic E-state index is 13.5. The monoisotopic (exact) mass is 458 g/mol. The summed E-state index contributed by atoms with van der Waals surface area (Å²) in [5.41, 5.74) is 4.28. The zero-order valence-electron chi connectivity index (χ0n) is 20.3. The van der Waals surface area contributed by atoms with Crippen LogP contribution in [0.15, 0.2) is 78.9 Å². The van der Waals surface area contributed by atoms with E-state index in [4.69, 9.17) is 4.74 Å². The number of nitrogens with zero attached hydrogens (tertiary/aromatic N) is 1. The average molecular weight is 459 g/mol. The highest BCUT2D eigenvalue weighted by molar-refractivity contribution is 5.88. The Morgan fingerprint density at radius 3 is 2.21 bits per heavy atom. The molecule has 5 nitrogen and oxygen atoms in total. The summed E-state index contributed by atoms with van der Waals surface area (Å²) in [5, 5.41) is 2.91. The number of carbonyl (C=O) groups is 2. The second kappa shape index (κ2) is 12.6. The van der Waals surface area contributed by atoms with Gasteiger partial charge in [0.25, 0.3) is 5.91 Å². The molecule has 34 heavy (non-hydrogen) atoms. The lowest BCUT2D eigenvalue weighted by Crippen LogP contribution is -2.51. The summed E-state index contributed by atoms with van der Waals surface area (Å²) in [6, 6.07) is 24.8. The number of rotatable bonds is 11. The van der Waals surface area contributed by atoms with Crippen LogP contribution in [0.3, 0.4) is 0 Å². The SMILES string of the molecule is CCNC(=O)C(Cc1ccccc1)N(Cc1ccccc1C)C(=O)COc1ccc(CC)cc1. The zero-order chi connectivity index (χ0) is 24.3. The highest BCUT2D eigenvalue weighted by atomic mass is 16.5. The molecule has 0 spiro atoms. The highest BCUT2D eigenvalue weighted by Crippen LogP contribution is 2.18. The predicted molar refractivity (Wildman–Crippen MR) is 136 cm³/mol. The summed E-state index contributed by atoms with van der Waals surface area (Å²) in [6.07, 6.45) is 1.37. The van der Waals surface area contributed by atoms with Gasteiger partial charge in [-0.1, -0.05) is 73.7 Å². The number of benzene rings is 3. The molecular formula is C29H34N2O3. The fourth-order valence-corrected chi connectivity index (χ4v) is 3.87. The number of aryl methyl sites for hydroxylation is 2. The van der Waals surface area contributed by atoms with Crippen molar-refractivity contribution in [2.75, 3.05) is 13.2 Å². The Morgan fingerprint density at radius 1 is 0.882 bits per heavy atom. The molecule has 1 atom stereocenters. The number of hydrogen-bond acceptors (Lipinski definition) is 3. The van der Waals surface area contributed by atoms with Crippen molar-refractivity contribution in [3.63, 3.8) is 0 Å². The Bertz CT molecular complexity index is 1060. The first kappa shape index (κ1) is 25.0. The summed E-state index contributed by atoms with van der Waals surface area (Å²) in [4.78, 5) is 28.3. The molecule has 5 heteroatoms. The van der Waals surface area contributed by atoms with Crippen LogP contribution in [0, 0.1) is 6.92 Å². The number of ether oxygens (including phenoxy) is 1. The van der Waals surface area contributed by atoms with Gasteiger partial charge >= 0.3 is 0 Å². The largest absolute Gasteiger partial charge is 0.484 e. The third-order valence-electron chi connectivity index (χ3n) is 5.92. The van der Waals surface area contributed by atoms with Crippen molar-refractivity contribution >= 4 is 11.8 Å². The third kappa shape index (κ3) is 6.95. The van der Waals surface area contributed by atoms with Crippen molar-refractivity contribution in [2.24, 2.45) is 0 Å². The normalized spacial score (nSPS) is 11.5. The lowest BCUT2D eigenvalue weighted by Gasteiger charge is -2.31. The van der Waals surface area contributed by atoms with Gasteiger partial charge in [0.05, 0.1) is 0 Å². The van der Waals surface area contributed by atoms with Gasteiger partial charge in [0.15, 0.2) is 6.61 Å². The van der Waals surface area contributed by atoms with Gasteiger partial charge in [-0.15, -0.1) is 0 Å². The van der Waals surface area contributed by atoms with Crippen LogP contribution in [0.1, 0.15) is 36.1 Å². The zero-order valence-corrected chi connectivity index (χ0v) is 20.3. The first-order valence-corrected chi connectivity index (χ1v) is 11.9. The number of nitrogens with one attached hydrogen (secondary N) is 1. The van der Waals surface area contributed by atoms with Crippen LogP contribution in [0.5, 0.6) is 5.75 Å². The van der Waals surface area contributed by atoms with Crippen molar-refractivity contribution in [2.45, 2.75) is 46.2 Å². The molecule has 3 aromatic rings. The minimum absolute atomic E-state index is 0.137. The van der Waals surface area contributed by atoms with Crippen molar-refractivity contribution < 1.29 is 14.3 Å². The summed E-state index contributed by atoms with van der Waals surface area (Å²) in [7, 11) is 0. The maximum absolute atomic E-state index is 13.5. The van der Waals surface area contributed by atoms with Gasteiger partial charge in [0.1, 0.15) is 11.8 Å². The number of carbonyl (C=O) groups excluding carboxylic acids is 2. The Hall–Kier alpha value is -3.60. The third-order valence-corrected chi connectivity index (χ3v) is 5.92. The molecule has 2 amide bonds. The molecule has 3 rings (SSSR count). The Labute approximate surface area is 202 Å². The second-order valence-corrected chi connectivity index (χ2v) is 8.33. The molecule has 0 heterocycles. The Kier molecular flexibility index (Phi) is 9.27. The van der Waals surface area contributed by atoms with Crippen LogP contribution in [-0.2, 0) is 29.0 Å². The van der Waals surface area contributed by atoms with Crippen LogP contribution in [0.25, 0.3) is 0 Å². The first-order chi connectivity index (χ1) is 16.5. The van der Waals surface area contributed by atoms with Gasteiger partial charge in [0, 0.05) is 19.5 Å². The predicted octanol–water partition coefficient (Wildman–Crippen LogP) is 4.71. The van der Waals surface area contributed by atoms with Crippen LogP contribution in [-0.4, -0.2) is 35.9 Å². The topological polar surface area (TPSA) is 58.6 Å². The lowest BCUT2D eigenvalue weighted by atomic mass is 10.0.